The van der Waals surface area contributed by atoms with E-state index in [1.807, 2.05) is 0 Å². The van der Waals surface area contributed by atoms with Gasteiger partial charge in [0.15, 0.2) is 7.68 Å². The van der Waals surface area contributed by atoms with Crippen LogP contribution in [0.2, 0.25) is 4.24 Å². The van der Waals surface area contributed by atoms with Crippen molar-refractivity contribution < 1.29 is 66.9 Å². The normalized spacial score (nSPS) is 31.7. The van der Waals surface area contributed by atoms with Crippen LogP contribution in [0.1, 0.15) is 107 Å². The van der Waals surface area contributed by atoms with E-state index in [0.29, 0.717) is 6.92 Å². The van der Waals surface area contributed by atoms with Gasteiger partial charge in [0.05, 0.1) is 47.2 Å². The number of rotatable bonds is 6. The molecule has 3 N–H and O–H groups in total. The van der Waals surface area contributed by atoms with Crippen LogP contribution < -0.4 is 10.7 Å². The number of nitrogens with zero attached hydrogens (tertiary/aromatic N) is 2. The van der Waals surface area contributed by atoms with Crippen molar-refractivity contribution in [2.24, 2.45) is 10.5 Å². The summed E-state index contributed by atoms with van der Waals surface area (Å²) in [6, 6.07) is -13.3. The molecule has 2 amide bonds. The third kappa shape index (κ3) is 6.79. The SMILES string of the molecule is [2H]c1c([2H])c([C@]2([2H])N(C([2H])([2H])C3=NN([2H])C(=O)[N+]3([2H])[2H])C(C)(C)C(C)(C)O[C@]2([2H])O[C@@](C)(c2c([2H])c(C(F)(F)F)c([2H])c(C(F)(F)F)c2C)C(C)(C)C)c(C)c([2H])c1F. The number of primary amides is 1. The number of benzene rings is 2. The van der Waals surface area contributed by atoms with Gasteiger partial charge in [-0.1, -0.05) is 26.8 Å². The minimum Gasteiger partial charge on any atom is -0.343 e. The fourth-order valence-corrected chi connectivity index (χ4v) is 4.86. The average molecular weight is 688 g/mol. The molecular formula is C33H42F7N4O3+. The van der Waals surface area contributed by atoms with E-state index in [4.69, 9.17) is 20.6 Å². The first-order chi connectivity index (χ1) is 26.0. The van der Waals surface area contributed by atoms with E-state index in [9.17, 15) is 36.6 Å². The van der Waals surface area contributed by atoms with Gasteiger partial charge in [0.25, 0.3) is 0 Å². The van der Waals surface area contributed by atoms with Gasteiger partial charge in [0.2, 0.25) is 5.84 Å². The van der Waals surface area contributed by atoms with Crippen molar-refractivity contribution >= 4 is 11.9 Å². The van der Waals surface area contributed by atoms with Gasteiger partial charge in [0.1, 0.15) is 5.82 Å². The van der Waals surface area contributed by atoms with Gasteiger partial charge in [-0.05, 0) is 100 Å². The van der Waals surface area contributed by atoms with Crippen molar-refractivity contribution in [3.63, 3.8) is 0 Å². The Labute approximate surface area is 286 Å². The molecule has 2 aliphatic rings. The third-order valence-corrected chi connectivity index (χ3v) is 8.67. The number of hydrazone groups is 1. The van der Waals surface area contributed by atoms with Crippen LogP contribution >= 0.6 is 0 Å². The Morgan fingerprint density at radius 1 is 1.09 bits per heavy atom. The molecule has 1 saturated heterocycles. The molecule has 2 aliphatic heterocycles. The lowest BCUT2D eigenvalue weighted by molar-refractivity contribution is -0.427. The van der Waals surface area contributed by atoms with E-state index >= 15 is 4.39 Å². The number of morpholine rings is 1. The highest BCUT2D eigenvalue weighted by Crippen LogP contribution is 2.53. The van der Waals surface area contributed by atoms with Crippen molar-refractivity contribution in [3.05, 3.63) is 69.4 Å². The quantitative estimate of drug-likeness (QED) is 0.312. The van der Waals surface area contributed by atoms with E-state index in [1.54, 1.807) is 0 Å². The Bertz CT molecular complexity index is 2090. The summed E-state index contributed by atoms with van der Waals surface area (Å²) in [5.41, 5.74) is -18.2. The molecule has 0 bridgehead atoms. The highest BCUT2D eigenvalue weighted by molar-refractivity contribution is 5.87. The molecule has 0 saturated carbocycles. The lowest BCUT2D eigenvalue weighted by atomic mass is 9.70. The van der Waals surface area contributed by atoms with Crippen LogP contribution in [-0.2, 0) is 27.4 Å². The number of hydrogen-bond donors (Lipinski definition) is 2. The predicted octanol–water partition coefficient (Wildman–Crippen LogP) is 7.31. The van der Waals surface area contributed by atoms with Gasteiger partial charge in [-0.3, -0.25) is 4.90 Å². The first-order valence-electron chi connectivity index (χ1n) is 20.0. The van der Waals surface area contributed by atoms with Gasteiger partial charge >= 0.3 is 21.2 Å². The lowest BCUT2D eigenvalue weighted by Crippen LogP contribution is -2.91. The van der Waals surface area contributed by atoms with Crippen LogP contribution in [-0.4, -0.2) is 40.7 Å². The van der Waals surface area contributed by atoms with Crippen LogP contribution in [0.25, 0.3) is 0 Å². The molecule has 0 spiro atoms. The molecule has 3 atom stereocenters. The van der Waals surface area contributed by atoms with Gasteiger partial charge in [-0.2, -0.15) is 31.8 Å². The number of carbonyl (C=O) groups excluding carboxylic acids is 1. The molecule has 0 aliphatic carbocycles. The molecule has 0 aromatic heterocycles. The van der Waals surface area contributed by atoms with Crippen LogP contribution in [0.15, 0.2) is 35.3 Å². The first kappa shape index (κ1) is 23.3. The van der Waals surface area contributed by atoms with Gasteiger partial charge < -0.3 is 9.47 Å². The Hall–Kier alpha value is -3.07. The summed E-state index contributed by atoms with van der Waals surface area (Å²) < 4.78 is 222. The van der Waals surface area contributed by atoms with Gasteiger partial charge in [0, 0.05) is 5.54 Å². The van der Waals surface area contributed by atoms with Crippen molar-refractivity contribution in [2.45, 2.75) is 111 Å². The molecule has 4 rings (SSSR count). The van der Waals surface area contributed by atoms with E-state index in [-0.39, 0.29) is 10.3 Å². The molecule has 2 aromatic carbocycles. The number of amides is 2. The summed E-state index contributed by atoms with van der Waals surface area (Å²) >= 11 is 0. The zero-order valence-corrected chi connectivity index (χ0v) is 27.2. The van der Waals surface area contributed by atoms with E-state index in [1.165, 1.54) is 34.6 Å². The monoisotopic (exact) mass is 687 g/mol. The Morgan fingerprint density at radius 3 is 2.19 bits per heavy atom. The number of urea groups is 1. The number of halogens is 7. The highest BCUT2D eigenvalue weighted by Gasteiger charge is 2.58. The minimum absolute atomic E-state index is 0.286. The number of nitrogens with two attached hydrogens (primary N) is 1. The van der Waals surface area contributed by atoms with Crippen molar-refractivity contribution in [3.8, 4) is 0 Å². The molecule has 47 heavy (non-hydrogen) atoms. The molecule has 2 heterocycles. The summed E-state index contributed by atoms with van der Waals surface area (Å²) in [5.74, 6) is -3.11. The van der Waals surface area contributed by atoms with Crippen LogP contribution in [0.5, 0.6) is 0 Å². The molecule has 2 aromatic rings. The third-order valence-electron chi connectivity index (χ3n) is 8.67. The van der Waals surface area contributed by atoms with Gasteiger partial charge in [-0.15, -0.1) is 5.10 Å². The molecule has 14 heteroatoms. The lowest BCUT2D eigenvalue weighted by Gasteiger charge is -2.60. The maximum atomic E-state index is 15.3. The van der Waals surface area contributed by atoms with Crippen molar-refractivity contribution in [1.82, 2.24) is 10.3 Å². The maximum absolute atomic E-state index is 15.3. The standard InChI is InChI=1S/C33H41F7N4O3/c1-17-13-20(34)11-12-21(17)25-26(46-30(8,9)29(6,7)44(25)16-24-41-27(45)43-42-24)47-31(10,28(3,4)5)22-14-19(32(35,36)37)15-23(18(22)2)33(38,39)40/h11-15,25-26H,16H2,1-10H3,(H2,41,42,43,45)/p+1/t25-,26+,31-/m0/s1/i11D,12D,13D,14D,15D,16D2,25D,26D/hD3. The second-order valence-electron chi connectivity index (χ2n) is 13.2. The summed E-state index contributed by atoms with van der Waals surface area (Å²) in [6.45, 7) is 6.90. The Morgan fingerprint density at radius 2 is 1.68 bits per heavy atom. The second kappa shape index (κ2) is 11.8. The van der Waals surface area contributed by atoms with Crippen LogP contribution in [0.3, 0.4) is 0 Å². The number of amidine groups is 1. The smallest absolute Gasteiger partial charge is 0.343 e. The van der Waals surface area contributed by atoms with Crippen molar-refractivity contribution in [1.29, 1.82) is 0 Å². The van der Waals surface area contributed by atoms with Crippen molar-refractivity contribution in [2.75, 3.05) is 6.50 Å². The minimum atomic E-state index is -5.77. The summed E-state index contributed by atoms with van der Waals surface area (Å²) in [7, 11) is 0. The van der Waals surface area contributed by atoms with E-state index in [2.05, 4.69) is 5.10 Å². The van der Waals surface area contributed by atoms with E-state index in [0.717, 1.165) is 27.7 Å². The highest BCUT2D eigenvalue weighted by atomic mass is 19.4. The summed E-state index contributed by atoms with van der Waals surface area (Å²) in [5, 5.41) is 0.799. The number of nitrogens with one attached hydrogen (secondary N) is 1. The molecular weight excluding hydrogens is 633 g/mol. The summed E-state index contributed by atoms with van der Waals surface area (Å²) in [6.07, 6.45) is -15.3. The Kier molecular flexibility index (Phi) is 5.86. The summed E-state index contributed by atoms with van der Waals surface area (Å²) in [4.78, 5) is 13.1. The largest absolute Gasteiger partial charge is 0.439 e. The zero-order valence-electron chi connectivity index (χ0n) is 39.2. The number of ether oxygens (including phenoxy) is 2. The average Bonchev–Trinajstić information content (AvgIpc) is 3.22. The number of hydrogen-bond acceptors (Lipinski definition) is 5. The van der Waals surface area contributed by atoms with Crippen LogP contribution in [0, 0.1) is 25.1 Å². The molecule has 260 valence electrons. The fraction of sp³-hybridized carbons (Fsp3) is 0.576. The zero-order chi connectivity index (χ0) is 46.4. The second-order valence-corrected chi connectivity index (χ2v) is 13.2. The predicted molar refractivity (Wildman–Crippen MR) is 161 cm³/mol. The molecule has 0 radical (unpaired) electrons. The Balaban J connectivity index is 2.36. The number of alkyl halides is 6. The van der Waals surface area contributed by atoms with Crippen LogP contribution in [0.4, 0.5) is 35.5 Å². The topological polar surface area (TPSA) is 79.8 Å². The van der Waals surface area contributed by atoms with Gasteiger partial charge in [-0.25, -0.2) is 14.5 Å². The fourth-order valence-electron chi connectivity index (χ4n) is 4.86. The molecule has 7 nitrogen and oxygen atoms in total. The first-order valence-corrected chi connectivity index (χ1v) is 14.1. The number of carbonyl (C=O) groups is 1. The number of quaternary nitrogens is 1. The van der Waals surface area contributed by atoms with E-state index < -0.39 is 140 Å². The molecule has 0 unspecified atom stereocenters. The maximum Gasteiger partial charge on any atom is 0.439 e. The molecule has 1 fully saturated rings.